The van der Waals surface area contributed by atoms with Gasteiger partial charge in [-0.05, 0) is 76.8 Å². The average Bonchev–Trinajstić information content (AvgIpc) is 3.44. The van der Waals surface area contributed by atoms with Gasteiger partial charge in [0.05, 0.1) is 44.8 Å². The first-order valence-corrected chi connectivity index (χ1v) is 15.4. The van der Waals surface area contributed by atoms with Crippen molar-refractivity contribution in [2.75, 3.05) is 18.5 Å². The van der Waals surface area contributed by atoms with Crippen molar-refractivity contribution in [2.45, 2.75) is 64.2 Å². The minimum absolute atomic E-state index is 0.141. The Kier molecular flexibility index (Phi) is 7.67. The molecule has 0 saturated carbocycles. The zero-order valence-corrected chi connectivity index (χ0v) is 24.8. The van der Waals surface area contributed by atoms with Crippen LogP contribution in [0.4, 0.5) is 5.95 Å². The normalized spacial score (nSPS) is 17.7. The lowest BCUT2D eigenvalue weighted by Gasteiger charge is -2.17. The Morgan fingerprint density at radius 3 is 2.77 bits per heavy atom. The Morgan fingerprint density at radius 2 is 2.02 bits per heavy atom. The van der Waals surface area contributed by atoms with E-state index < -0.39 is 9.73 Å². The summed E-state index contributed by atoms with van der Waals surface area (Å²) in [4.78, 5) is 23.7. The highest BCUT2D eigenvalue weighted by molar-refractivity contribution is 7.94. The lowest BCUT2D eigenvalue weighted by atomic mass is 10.1. The molecule has 40 heavy (non-hydrogen) atoms. The molecule has 1 amide bonds. The van der Waals surface area contributed by atoms with Gasteiger partial charge in [0.25, 0.3) is 5.91 Å². The van der Waals surface area contributed by atoms with Gasteiger partial charge < -0.3 is 9.30 Å². The Labute approximate surface area is 235 Å². The third-order valence-electron chi connectivity index (χ3n) is 7.19. The molecule has 2 bridgehead atoms. The van der Waals surface area contributed by atoms with E-state index in [0.29, 0.717) is 53.4 Å². The monoisotopic (exact) mass is 563 g/mol. The summed E-state index contributed by atoms with van der Waals surface area (Å²) in [5.41, 5.74) is 4.09. The number of pyridine rings is 1. The number of rotatable bonds is 3. The molecule has 5 rings (SSSR count). The molecule has 0 radical (unpaired) electrons. The highest BCUT2D eigenvalue weighted by Gasteiger charge is 2.23. The van der Waals surface area contributed by atoms with E-state index in [1.54, 1.807) is 23.0 Å². The molecule has 1 aliphatic heterocycles. The van der Waals surface area contributed by atoms with Crippen LogP contribution in [0.3, 0.4) is 0 Å². The van der Waals surface area contributed by atoms with Gasteiger partial charge in [0, 0.05) is 41.5 Å². The number of nitrogens with zero attached hydrogens (tertiary/aromatic N) is 6. The molecule has 3 aromatic heterocycles. The van der Waals surface area contributed by atoms with Crippen LogP contribution in [0.1, 0.15) is 56.6 Å². The van der Waals surface area contributed by atoms with Crippen LogP contribution in [0.25, 0.3) is 22.3 Å². The maximum Gasteiger partial charge on any atom is 0.258 e. The van der Waals surface area contributed by atoms with E-state index in [-0.39, 0.29) is 17.1 Å². The molecule has 11 heteroatoms. The first-order chi connectivity index (χ1) is 19.1. The summed E-state index contributed by atoms with van der Waals surface area (Å²) in [6.07, 6.45) is 3.46. The van der Waals surface area contributed by atoms with E-state index in [1.165, 1.54) is 0 Å². The molecular formula is C29H37N7O3S. The summed E-state index contributed by atoms with van der Waals surface area (Å²) in [7, 11) is -0.770. The topological polar surface area (TPSA) is 116 Å². The van der Waals surface area contributed by atoms with Crippen LogP contribution in [0, 0.1) is 12.8 Å². The van der Waals surface area contributed by atoms with E-state index in [0.717, 1.165) is 29.4 Å². The van der Waals surface area contributed by atoms with Crippen LogP contribution in [0.5, 0.6) is 5.88 Å². The Hall–Kier alpha value is -3.73. The maximum atomic E-state index is 13.9. The van der Waals surface area contributed by atoms with Gasteiger partial charge in [-0.25, -0.2) is 18.2 Å². The van der Waals surface area contributed by atoms with E-state index in [4.69, 9.17) is 9.72 Å². The van der Waals surface area contributed by atoms with E-state index in [2.05, 4.69) is 26.7 Å². The number of fused-ring (bicyclic) bond motifs is 7. The third-order valence-corrected chi connectivity index (χ3v) is 10.0. The quantitative estimate of drug-likeness (QED) is 0.354. The van der Waals surface area contributed by atoms with E-state index >= 15 is 0 Å². The number of imidazole rings is 1. The van der Waals surface area contributed by atoms with Crippen LogP contribution >= 0.6 is 0 Å². The second kappa shape index (κ2) is 11.0. The summed E-state index contributed by atoms with van der Waals surface area (Å²) >= 11 is 0. The van der Waals surface area contributed by atoms with Crippen LogP contribution in [-0.2, 0) is 23.3 Å². The zero-order valence-electron chi connectivity index (χ0n) is 24.0. The highest BCUT2D eigenvalue weighted by atomic mass is 32.2. The molecule has 212 valence electrons. The van der Waals surface area contributed by atoms with Crippen molar-refractivity contribution in [3.63, 3.8) is 0 Å². The molecule has 1 unspecified atom stereocenters. The van der Waals surface area contributed by atoms with Crippen LogP contribution in [0.2, 0.25) is 0 Å². The third kappa shape index (κ3) is 5.22. The van der Waals surface area contributed by atoms with Gasteiger partial charge in [-0.3, -0.25) is 15.1 Å². The van der Waals surface area contributed by atoms with Gasteiger partial charge in [0.2, 0.25) is 11.8 Å². The molecule has 1 aliphatic rings. The fourth-order valence-electron chi connectivity index (χ4n) is 5.14. The number of hydrogen-bond acceptors (Lipinski definition) is 7. The number of nitrogens with one attached hydrogen (secondary N) is 1. The highest BCUT2D eigenvalue weighted by Crippen LogP contribution is 2.31. The number of aromatic nitrogens is 5. The van der Waals surface area contributed by atoms with Gasteiger partial charge in [-0.15, -0.1) is 0 Å². The number of anilines is 1. The summed E-state index contributed by atoms with van der Waals surface area (Å²) < 4.78 is 28.3. The number of hydrogen-bond donors (Lipinski definition) is 1. The summed E-state index contributed by atoms with van der Waals surface area (Å²) in [5.74, 6) is 1.06. The smallest absolute Gasteiger partial charge is 0.258 e. The molecule has 0 saturated heterocycles. The Balaban J connectivity index is 1.63. The molecule has 1 aromatic carbocycles. The SMILES string of the molecule is CCN=S(=O)(c1ccc2nc3n(c2c1)C[C@H](C)CCCOc1c(cnn1C)-c1cc(cc(C)n1)C(=O)N3)C(C)C. The fourth-order valence-corrected chi connectivity index (χ4v) is 7.06. The van der Waals surface area contributed by atoms with Crippen molar-refractivity contribution in [1.82, 2.24) is 24.3 Å². The molecule has 1 N–H and O–H groups in total. The number of carbonyl (C=O) groups is 1. The van der Waals surface area contributed by atoms with Crippen molar-refractivity contribution in [3.05, 3.63) is 47.8 Å². The minimum Gasteiger partial charge on any atom is -0.477 e. The molecular weight excluding hydrogens is 526 g/mol. The second-order valence-corrected chi connectivity index (χ2v) is 13.5. The minimum atomic E-state index is -2.61. The predicted octanol–water partition coefficient (Wildman–Crippen LogP) is 5.46. The lowest BCUT2D eigenvalue weighted by molar-refractivity contribution is 0.102. The molecule has 4 heterocycles. The van der Waals surface area contributed by atoms with Crippen molar-refractivity contribution in [3.8, 4) is 17.1 Å². The van der Waals surface area contributed by atoms with Crippen molar-refractivity contribution < 1.29 is 13.7 Å². The first-order valence-electron chi connectivity index (χ1n) is 13.8. The zero-order chi connectivity index (χ0) is 28.6. The predicted molar refractivity (Wildman–Crippen MR) is 157 cm³/mol. The van der Waals surface area contributed by atoms with Crippen molar-refractivity contribution in [1.29, 1.82) is 0 Å². The number of amides is 1. The first kappa shape index (κ1) is 27.8. The van der Waals surface area contributed by atoms with Gasteiger partial charge in [-0.1, -0.05) is 6.92 Å². The number of aryl methyl sites for hydroxylation is 2. The van der Waals surface area contributed by atoms with Crippen LogP contribution < -0.4 is 10.1 Å². The van der Waals surface area contributed by atoms with Crippen LogP contribution in [0.15, 0.2) is 45.8 Å². The average molecular weight is 564 g/mol. The van der Waals surface area contributed by atoms with Gasteiger partial charge in [0.1, 0.15) is 0 Å². The van der Waals surface area contributed by atoms with E-state index in [9.17, 15) is 9.00 Å². The van der Waals surface area contributed by atoms with Crippen molar-refractivity contribution in [2.24, 2.45) is 17.3 Å². The Bertz CT molecular complexity index is 1700. The molecule has 0 aliphatic carbocycles. The second-order valence-electron chi connectivity index (χ2n) is 10.7. The van der Waals surface area contributed by atoms with Gasteiger partial charge >= 0.3 is 0 Å². The Morgan fingerprint density at radius 1 is 1.23 bits per heavy atom. The summed E-state index contributed by atoms with van der Waals surface area (Å²) in [5, 5.41) is 7.28. The molecule has 4 aromatic rings. The largest absolute Gasteiger partial charge is 0.477 e. The maximum absolute atomic E-state index is 13.9. The van der Waals surface area contributed by atoms with Crippen molar-refractivity contribution >= 4 is 32.6 Å². The molecule has 0 fully saturated rings. The molecule has 0 spiro atoms. The fraction of sp³-hybridized carbons (Fsp3) is 0.448. The number of benzene rings is 1. The van der Waals surface area contributed by atoms with Gasteiger partial charge in [0.15, 0.2) is 0 Å². The number of carbonyl (C=O) groups excluding carboxylic acids is 1. The summed E-state index contributed by atoms with van der Waals surface area (Å²) in [6.45, 7) is 11.4. The summed E-state index contributed by atoms with van der Waals surface area (Å²) in [6, 6.07) is 9.17. The van der Waals surface area contributed by atoms with E-state index in [1.807, 2.05) is 57.5 Å². The molecule has 2 atom stereocenters. The van der Waals surface area contributed by atoms with Gasteiger partial charge in [-0.2, -0.15) is 5.10 Å². The van der Waals surface area contributed by atoms with Crippen LogP contribution in [-0.4, -0.2) is 52.8 Å². The standard InChI is InChI=1S/C29H37N7O3S/c1-7-31-40(38,18(2)3)22-10-11-24-26(15-22)36-17-19(4)9-8-12-39-28-23(16-30-35(28)6)25-14-21(13-20(5)32-25)27(37)34-29(36)33-24/h10-11,13-16,18-19H,7-9,12,17H2,1-6H3,(H,33,34,37)/t19-,40?/m1/s1. The number of ether oxygens (including phenoxy) is 1. The molecule has 10 nitrogen and oxygen atoms in total. The lowest BCUT2D eigenvalue weighted by Crippen LogP contribution is -2.18.